The van der Waals surface area contributed by atoms with Crippen molar-refractivity contribution in [3.63, 3.8) is 0 Å². The maximum absolute atomic E-state index is 13.9. The maximum Gasteiger partial charge on any atom is 0.303 e. The predicted octanol–water partition coefficient (Wildman–Crippen LogP) is 3.91. The summed E-state index contributed by atoms with van der Waals surface area (Å²) in [5, 5.41) is 8.91. The minimum absolute atomic E-state index is 0.167. The third-order valence-corrected chi connectivity index (χ3v) is 4.75. The zero-order valence-corrected chi connectivity index (χ0v) is 13.8. The van der Waals surface area contributed by atoms with Crippen molar-refractivity contribution in [2.24, 2.45) is 11.8 Å². The smallest absolute Gasteiger partial charge is 0.303 e. The molecule has 0 aliphatic carbocycles. The number of hydrogen-bond donors (Lipinski definition) is 1. The Bertz CT molecular complexity index is 509. The van der Waals surface area contributed by atoms with Crippen molar-refractivity contribution in [3.05, 3.63) is 34.1 Å². The van der Waals surface area contributed by atoms with Gasteiger partial charge in [-0.2, -0.15) is 0 Å². The van der Waals surface area contributed by atoms with Crippen LogP contribution in [0, 0.1) is 17.7 Å². The van der Waals surface area contributed by atoms with Crippen LogP contribution in [-0.4, -0.2) is 29.1 Å². The number of rotatable bonds is 5. The molecule has 1 fully saturated rings. The summed E-state index contributed by atoms with van der Waals surface area (Å²) in [5.41, 5.74) is 0.699. The van der Waals surface area contributed by atoms with Gasteiger partial charge in [0.25, 0.3) is 0 Å². The Labute approximate surface area is 133 Å². The Balaban J connectivity index is 1.96. The van der Waals surface area contributed by atoms with E-state index in [0.29, 0.717) is 18.0 Å². The Morgan fingerprint density at radius 2 is 2.33 bits per heavy atom. The summed E-state index contributed by atoms with van der Waals surface area (Å²) in [6, 6.07) is 5.15. The molecular weight excluding hydrogens is 337 g/mol. The quantitative estimate of drug-likeness (QED) is 0.868. The molecule has 0 bridgehead atoms. The van der Waals surface area contributed by atoms with Crippen molar-refractivity contribution < 1.29 is 14.3 Å². The number of halogens is 2. The minimum Gasteiger partial charge on any atom is -0.481 e. The van der Waals surface area contributed by atoms with Crippen LogP contribution in [-0.2, 0) is 11.3 Å². The third kappa shape index (κ3) is 4.78. The van der Waals surface area contributed by atoms with Crippen LogP contribution in [0.1, 0.15) is 31.7 Å². The Kier molecular flexibility index (Phi) is 5.76. The topological polar surface area (TPSA) is 40.5 Å². The molecule has 1 saturated heterocycles. The van der Waals surface area contributed by atoms with Gasteiger partial charge < -0.3 is 5.11 Å². The molecule has 1 heterocycles. The van der Waals surface area contributed by atoms with Gasteiger partial charge in [-0.25, -0.2) is 4.39 Å². The molecular formula is C16H21BrFNO2. The molecule has 21 heavy (non-hydrogen) atoms. The number of aliphatic carboxylic acids is 1. The van der Waals surface area contributed by atoms with E-state index >= 15 is 0 Å². The molecule has 2 atom stereocenters. The first-order valence-electron chi connectivity index (χ1n) is 7.33. The fraction of sp³-hybridized carbons (Fsp3) is 0.562. The van der Waals surface area contributed by atoms with Crippen LogP contribution in [0.15, 0.2) is 22.7 Å². The SMILES string of the molecule is CC(CC(=O)O)C1CCCN(Cc2ccc(Br)cc2F)C1. The van der Waals surface area contributed by atoms with Crippen molar-refractivity contribution in [2.45, 2.75) is 32.7 Å². The van der Waals surface area contributed by atoms with Crippen LogP contribution >= 0.6 is 15.9 Å². The van der Waals surface area contributed by atoms with Gasteiger partial charge in [-0.3, -0.25) is 9.69 Å². The monoisotopic (exact) mass is 357 g/mol. The zero-order valence-electron chi connectivity index (χ0n) is 12.2. The van der Waals surface area contributed by atoms with E-state index in [0.717, 1.165) is 30.4 Å². The lowest BCUT2D eigenvalue weighted by Gasteiger charge is -2.35. The molecule has 1 aliphatic heterocycles. The normalized spacial score (nSPS) is 21.2. The number of benzene rings is 1. The van der Waals surface area contributed by atoms with Gasteiger partial charge in [0.1, 0.15) is 5.82 Å². The fourth-order valence-electron chi connectivity index (χ4n) is 3.03. The number of carbonyl (C=O) groups is 1. The summed E-state index contributed by atoms with van der Waals surface area (Å²) in [7, 11) is 0. The van der Waals surface area contributed by atoms with Crippen molar-refractivity contribution in [3.8, 4) is 0 Å². The highest BCUT2D eigenvalue weighted by Gasteiger charge is 2.26. The third-order valence-electron chi connectivity index (χ3n) is 4.25. The highest BCUT2D eigenvalue weighted by Crippen LogP contribution is 2.27. The second-order valence-corrected chi connectivity index (χ2v) is 6.86. The summed E-state index contributed by atoms with van der Waals surface area (Å²) in [6.07, 6.45) is 2.33. The second-order valence-electron chi connectivity index (χ2n) is 5.95. The molecule has 0 saturated carbocycles. The molecule has 1 aromatic rings. The number of hydrogen-bond acceptors (Lipinski definition) is 2. The van der Waals surface area contributed by atoms with E-state index in [1.807, 2.05) is 19.1 Å². The molecule has 1 aromatic carbocycles. The Morgan fingerprint density at radius 1 is 1.57 bits per heavy atom. The molecule has 0 spiro atoms. The van der Waals surface area contributed by atoms with Gasteiger partial charge in [-0.15, -0.1) is 0 Å². The van der Waals surface area contributed by atoms with Gasteiger partial charge in [0.2, 0.25) is 0 Å². The van der Waals surface area contributed by atoms with Gasteiger partial charge in [-0.05, 0) is 43.4 Å². The van der Waals surface area contributed by atoms with Crippen molar-refractivity contribution in [2.75, 3.05) is 13.1 Å². The summed E-state index contributed by atoms with van der Waals surface area (Å²) in [6.45, 7) is 4.40. The van der Waals surface area contributed by atoms with Crippen LogP contribution in [0.5, 0.6) is 0 Å². The molecule has 1 aliphatic rings. The summed E-state index contributed by atoms with van der Waals surface area (Å²) in [4.78, 5) is 13.1. The average Bonchev–Trinajstić information content (AvgIpc) is 2.41. The van der Waals surface area contributed by atoms with E-state index in [4.69, 9.17) is 5.11 Å². The predicted molar refractivity (Wildman–Crippen MR) is 83.5 cm³/mol. The molecule has 2 rings (SSSR count). The number of nitrogens with zero attached hydrogens (tertiary/aromatic N) is 1. The first-order valence-corrected chi connectivity index (χ1v) is 8.13. The minimum atomic E-state index is -0.737. The number of likely N-dealkylation sites (tertiary alicyclic amines) is 1. The first-order chi connectivity index (χ1) is 9.95. The average molecular weight is 358 g/mol. The van der Waals surface area contributed by atoms with Gasteiger partial charge in [0.05, 0.1) is 0 Å². The summed E-state index contributed by atoms with van der Waals surface area (Å²) < 4.78 is 14.6. The van der Waals surface area contributed by atoms with Crippen molar-refractivity contribution in [1.29, 1.82) is 0 Å². The lowest BCUT2D eigenvalue weighted by atomic mass is 9.84. The first kappa shape index (κ1) is 16.4. The molecule has 0 radical (unpaired) electrons. The van der Waals surface area contributed by atoms with Crippen LogP contribution in [0.25, 0.3) is 0 Å². The van der Waals surface area contributed by atoms with E-state index in [-0.39, 0.29) is 18.2 Å². The highest BCUT2D eigenvalue weighted by atomic mass is 79.9. The summed E-state index contributed by atoms with van der Waals surface area (Å²) >= 11 is 3.26. The maximum atomic E-state index is 13.9. The zero-order chi connectivity index (χ0) is 15.4. The molecule has 2 unspecified atom stereocenters. The number of piperidine rings is 1. The molecule has 0 amide bonds. The molecule has 0 aromatic heterocycles. The highest BCUT2D eigenvalue weighted by molar-refractivity contribution is 9.10. The standard InChI is InChI=1S/C16H21BrFNO2/c1-11(7-16(20)21)12-3-2-6-19(9-12)10-13-4-5-14(17)8-15(13)18/h4-5,8,11-12H,2-3,6-7,9-10H2,1H3,(H,20,21). The lowest BCUT2D eigenvalue weighted by Crippen LogP contribution is -2.38. The van der Waals surface area contributed by atoms with Gasteiger partial charge in [0.15, 0.2) is 0 Å². The van der Waals surface area contributed by atoms with Gasteiger partial charge in [-0.1, -0.05) is 28.9 Å². The van der Waals surface area contributed by atoms with E-state index in [2.05, 4.69) is 20.8 Å². The summed E-state index contributed by atoms with van der Waals surface area (Å²) in [5.74, 6) is -0.378. The molecule has 116 valence electrons. The van der Waals surface area contributed by atoms with Gasteiger partial charge in [0, 0.05) is 29.5 Å². The van der Waals surface area contributed by atoms with Crippen molar-refractivity contribution >= 4 is 21.9 Å². The van der Waals surface area contributed by atoms with Crippen molar-refractivity contribution in [1.82, 2.24) is 4.90 Å². The van der Waals surface area contributed by atoms with Crippen LogP contribution in [0.3, 0.4) is 0 Å². The second kappa shape index (κ2) is 7.36. The molecule has 5 heteroatoms. The largest absolute Gasteiger partial charge is 0.481 e. The van der Waals surface area contributed by atoms with Crippen LogP contribution in [0.2, 0.25) is 0 Å². The van der Waals surface area contributed by atoms with Gasteiger partial charge >= 0.3 is 5.97 Å². The lowest BCUT2D eigenvalue weighted by molar-refractivity contribution is -0.138. The van der Waals surface area contributed by atoms with E-state index in [1.54, 1.807) is 0 Å². The van der Waals surface area contributed by atoms with E-state index in [1.165, 1.54) is 6.07 Å². The Morgan fingerprint density at radius 3 is 3.00 bits per heavy atom. The number of carboxylic acid groups (broad SMARTS) is 1. The Hall–Kier alpha value is -0.940. The van der Waals surface area contributed by atoms with E-state index < -0.39 is 5.97 Å². The fourth-order valence-corrected chi connectivity index (χ4v) is 3.37. The molecule has 3 nitrogen and oxygen atoms in total. The molecule has 1 N–H and O–H groups in total. The van der Waals surface area contributed by atoms with Crippen LogP contribution < -0.4 is 0 Å². The number of carboxylic acids is 1. The van der Waals surface area contributed by atoms with Crippen LogP contribution in [0.4, 0.5) is 4.39 Å². The van der Waals surface area contributed by atoms with E-state index in [9.17, 15) is 9.18 Å².